The van der Waals surface area contributed by atoms with Gasteiger partial charge in [-0.15, -0.1) is 0 Å². The fourth-order valence-electron chi connectivity index (χ4n) is 2.41. The highest BCUT2D eigenvalue weighted by atomic mass is 16.1. The van der Waals surface area contributed by atoms with Crippen molar-refractivity contribution in [2.75, 3.05) is 5.73 Å². The molecule has 0 fully saturated rings. The van der Waals surface area contributed by atoms with Crippen LogP contribution in [0.25, 0.3) is 10.9 Å². The van der Waals surface area contributed by atoms with Crippen LogP contribution in [-0.4, -0.2) is 16.9 Å². The van der Waals surface area contributed by atoms with E-state index in [1.807, 2.05) is 18.2 Å². The quantitative estimate of drug-likeness (QED) is 0.557. The lowest BCUT2D eigenvalue weighted by Gasteiger charge is -2.13. The van der Waals surface area contributed by atoms with Crippen LogP contribution in [-0.2, 0) is 0 Å². The van der Waals surface area contributed by atoms with Crippen LogP contribution in [0.1, 0.15) is 49.9 Å². The fourth-order valence-corrected chi connectivity index (χ4v) is 2.41. The number of nitrogens with one attached hydrogen (secondary N) is 2. The van der Waals surface area contributed by atoms with Gasteiger partial charge in [-0.1, -0.05) is 26.2 Å². The molecule has 0 saturated heterocycles. The zero-order valence-electron chi connectivity index (χ0n) is 12.2. The van der Waals surface area contributed by atoms with Crippen molar-refractivity contribution in [1.29, 1.82) is 0 Å². The van der Waals surface area contributed by atoms with Gasteiger partial charge < -0.3 is 16.0 Å². The fraction of sp³-hybridized carbons (Fsp3) is 0.438. The highest BCUT2D eigenvalue weighted by molar-refractivity contribution is 6.07. The molecule has 108 valence electrons. The average Bonchev–Trinajstić information content (AvgIpc) is 2.81. The van der Waals surface area contributed by atoms with Crippen molar-refractivity contribution in [3.8, 4) is 0 Å². The molecule has 2 aromatic rings. The number of carbonyl (C=O) groups is 1. The van der Waals surface area contributed by atoms with Gasteiger partial charge in [0.2, 0.25) is 0 Å². The van der Waals surface area contributed by atoms with Gasteiger partial charge in [0, 0.05) is 28.8 Å². The van der Waals surface area contributed by atoms with Gasteiger partial charge in [-0.05, 0) is 31.5 Å². The number of hydrogen-bond acceptors (Lipinski definition) is 2. The number of unbranched alkanes of at least 4 members (excludes halogenated alkanes) is 2. The summed E-state index contributed by atoms with van der Waals surface area (Å²) in [5.74, 6) is -0.0231. The molecule has 0 aliphatic carbocycles. The number of carbonyl (C=O) groups excluding carboxylic acids is 1. The Hall–Kier alpha value is -1.97. The molecule has 4 N–H and O–H groups in total. The minimum Gasteiger partial charge on any atom is -0.399 e. The smallest absolute Gasteiger partial charge is 0.253 e. The maximum atomic E-state index is 12.3. The van der Waals surface area contributed by atoms with Gasteiger partial charge in [0.15, 0.2) is 0 Å². The normalized spacial score (nSPS) is 12.5. The number of H-pyrrole nitrogens is 1. The van der Waals surface area contributed by atoms with Crippen LogP contribution in [0.3, 0.4) is 0 Å². The predicted octanol–water partition coefficient (Wildman–Crippen LogP) is 3.45. The number of nitrogens with two attached hydrogens (primary N) is 1. The zero-order chi connectivity index (χ0) is 14.5. The molecule has 2 rings (SSSR count). The van der Waals surface area contributed by atoms with Crippen molar-refractivity contribution in [2.45, 2.75) is 45.6 Å². The van der Waals surface area contributed by atoms with E-state index in [9.17, 15) is 4.79 Å². The minimum absolute atomic E-state index is 0.0231. The molecular formula is C16H23N3O. The second kappa shape index (κ2) is 6.46. The van der Waals surface area contributed by atoms with Crippen LogP contribution in [0.15, 0.2) is 24.4 Å². The molecule has 0 aliphatic rings. The number of fused-ring (bicyclic) bond motifs is 1. The maximum Gasteiger partial charge on any atom is 0.253 e. The Balaban J connectivity index is 2.04. The lowest BCUT2D eigenvalue weighted by Crippen LogP contribution is -2.32. The molecule has 0 spiro atoms. The lowest BCUT2D eigenvalue weighted by atomic mass is 10.1. The molecule has 4 nitrogen and oxygen atoms in total. The molecule has 0 aliphatic heterocycles. The van der Waals surface area contributed by atoms with Crippen LogP contribution in [0.2, 0.25) is 0 Å². The molecule has 1 aromatic heterocycles. The molecule has 0 saturated carbocycles. The van der Waals surface area contributed by atoms with Crippen molar-refractivity contribution in [1.82, 2.24) is 10.3 Å². The van der Waals surface area contributed by atoms with Gasteiger partial charge in [0.25, 0.3) is 5.91 Å². The number of aromatic amines is 1. The van der Waals surface area contributed by atoms with Gasteiger partial charge >= 0.3 is 0 Å². The molecule has 1 atom stereocenters. The van der Waals surface area contributed by atoms with Crippen molar-refractivity contribution in [3.63, 3.8) is 0 Å². The number of amides is 1. The van der Waals surface area contributed by atoms with Crippen molar-refractivity contribution >= 4 is 22.5 Å². The summed E-state index contributed by atoms with van der Waals surface area (Å²) in [5, 5.41) is 3.97. The second-order valence-electron chi connectivity index (χ2n) is 5.38. The number of aromatic nitrogens is 1. The Kier molecular flexibility index (Phi) is 4.66. The third-order valence-electron chi connectivity index (χ3n) is 3.57. The molecule has 0 bridgehead atoms. The molecule has 4 heteroatoms. The molecule has 0 radical (unpaired) electrons. The minimum atomic E-state index is -0.0231. The van der Waals surface area contributed by atoms with Gasteiger partial charge in [-0.25, -0.2) is 0 Å². The van der Waals surface area contributed by atoms with E-state index in [1.165, 1.54) is 12.8 Å². The monoisotopic (exact) mass is 273 g/mol. The average molecular weight is 273 g/mol. The standard InChI is InChI=1S/C16H23N3O/c1-3-4-5-6-11(2)19-16(20)14-10-18-15-9-12(17)7-8-13(14)15/h7-11,18H,3-6,17H2,1-2H3,(H,19,20). The Bertz CT molecular complexity index is 588. The summed E-state index contributed by atoms with van der Waals surface area (Å²) in [6, 6.07) is 5.75. The number of benzene rings is 1. The summed E-state index contributed by atoms with van der Waals surface area (Å²) in [6.45, 7) is 4.24. The third kappa shape index (κ3) is 3.32. The summed E-state index contributed by atoms with van der Waals surface area (Å²) in [6.07, 6.45) is 6.34. The van der Waals surface area contributed by atoms with E-state index in [4.69, 9.17) is 5.73 Å². The van der Waals surface area contributed by atoms with E-state index in [-0.39, 0.29) is 11.9 Å². The van der Waals surface area contributed by atoms with Crippen molar-refractivity contribution in [3.05, 3.63) is 30.0 Å². The molecule has 1 unspecified atom stereocenters. The molecule has 1 aromatic carbocycles. The van der Waals surface area contributed by atoms with Crippen LogP contribution >= 0.6 is 0 Å². The van der Waals surface area contributed by atoms with E-state index in [2.05, 4.69) is 24.1 Å². The number of nitrogen functional groups attached to an aromatic ring is 1. The van der Waals surface area contributed by atoms with E-state index < -0.39 is 0 Å². The maximum absolute atomic E-state index is 12.3. The molecule has 1 amide bonds. The van der Waals surface area contributed by atoms with Gasteiger partial charge in [-0.2, -0.15) is 0 Å². The van der Waals surface area contributed by atoms with E-state index in [0.29, 0.717) is 11.3 Å². The first-order valence-electron chi connectivity index (χ1n) is 7.29. The van der Waals surface area contributed by atoms with Crippen LogP contribution in [0.5, 0.6) is 0 Å². The van der Waals surface area contributed by atoms with Gasteiger partial charge in [0.1, 0.15) is 0 Å². The second-order valence-corrected chi connectivity index (χ2v) is 5.38. The Morgan fingerprint density at radius 2 is 2.20 bits per heavy atom. The Morgan fingerprint density at radius 3 is 2.95 bits per heavy atom. The predicted molar refractivity (Wildman–Crippen MR) is 83.8 cm³/mol. The highest BCUT2D eigenvalue weighted by Gasteiger charge is 2.14. The lowest BCUT2D eigenvalue weighted by molar-refractivity contribution is 0.0939. The molecule has 20 heavy (non-hydrogen) atoms. The van der Waals surface area contributed by atoms with Gasteiger partial charge in [0.05, 0.1) is 5.56 Å². The zero-order valence-corrected chi connectivity index (χ0v) is 12.2. The van der Waals surface area contributed by atoms with Crippen LogP contribution in [0, 0.1) is 0 Å². The number of rotatable bonds is 6. The topological polar surface area (TPSA) is 70.9 Å². The number of hydrogen-bond donors (Lipinski definition) is 3. The first-order valence-corrected chi connectivity index (χ1v) is 7.29. The van der Waals surface area contributed by atoms with Crippen molar-refractivity contribution < 1.29 is 4.79 Å². The molecular weight excluding hydrogens is 250 g/mol. The van der Waals surface area contributed by atoms with E-state index in [1.54, 1.807) is 6.20 Å². The largest absolute Gasteiger partial charge is 0.399 e. The third-order valence-corrected chi connectivity index (χ3v) is 3.57. The summed E-state index contributed by atoms with van der Waals surface area (Å²) >= 11 is 0. The van der Waals surface area contributed by atoms with Crippen LogP contribution in [0.4, 0.5) is 5.69 Å². The molecule has 1 heterocycles. The summed E-state index contributed by atoms with van der Waals surface area (Å²) in [4.78, 5) is 15.4. The van der Waals surface area contributed by atoms with E-state index in [0.717, 1.165) is 23.7 Å². The summed E-state index contributed by atoms with van der Waals surface area (Å²) in [5.41, 5.74) is 8.01. The first-order chi connectivity index (χ1) is 9.61. The first kappa shape index (κ1) is 14.4. The highest BCUT2D eigenvalue weighted by Crippen LogP contribution is 2.20. The summed E-state index contributed by atoms with van der Waals surface area (Å²) in [7, 11) is 0. The van der Waals surface area contributed by atoms with E-state index >= 15 is 0 Å². The summed E-state index contributed by atoms with van der Waals surface area (Å²) < 4.78 is 0. The van der Waals surface area contributed by atoms with Crippen LogP contribution < -0.4 is 11.1 Å². The van der Waals surface area contributed by atoms with Crippen molar-refractivity contribution in [2.24, 2.45) is 0 Å². The number of anilines is 1. The Morgan fingerprint density at radius 1 is 1.40 bits per heavy atom. The van der Waals surface area contributed by atoms with Gasteiger partial charge in [-0.3, -0.25) is 4.79 Å². The Labute approximate surface area is 119 Å². The SMILES string of the molecule is CCCCCC(C)NC(=O)c1c[nH]c2cc(N)ccc12.